The minimum atomic E-state index is -0.559. The Morgan fingerprint density at radius 1 is 0.905 bits per heavy atom. The quantitative estimate of drug-likeness (QED) is 0.126. The summed E-state index contributed by atoms with van der Waals surface area (Å²) >= 11 is 21.6. The van der Waals surface area contributed by atoms with Gasteiger partial charge >= 0.3 is 0 Å². The summed E-state index contributed by atoms with van der Waals surface area (Å²) in [4.78, 5) is 12.9. The lowest BCUT2D eigenvalue weighted by molar-refractivity contribution is -0.112. The van der Waals surface area contributed by atoms with Gasteiger partial charge < -0.3 is 19.5 Å². The highest BCUT2D eigenvalue weighted by Gasteiger charge is 2.15. The molecule has 0 fully saturated rings. The molecule has 0 unspecified atom stereocenters. The molecule has 0 radical (unpaired) electrons. The molecule has 214 valence electrons. The summed E-state index contributed by atoms with van der Waals surface area (Å²) in [6, 6.07) is 24.8. The number of hydrogen-bond donors (Lipinski definition) is 1. The molecule has 0 aromatic heterocycles. The molecule has 42 heavy (non-hydrogen) atoms. The lowest BCUT2D eigenvalue weighted by Crippen LogP contribution is -2.13. The summed E-state index contributed by atoms with van der Waals surface area (Å²) in [6.07, 6.45) is 1.49. The van der Waals surface area contributed by atoms with Crippen LogP contribution in [0.3, 0.4) is 0 Å². The summed E-state index contributed by atoms with van der Waals surface area (Å²) in [7, 11) is 0. The smallest absolute Gasteiger partial charge is 0.266 e. The number of nitriles is 1. The molecule has 0 aliphatic carbocycles. The fourth-order valence-corrected chi connectivity index (χ4v) is 4.92. The number of ether oxygens (including phenoxy) is 3. The van der Waals surface area contributed by atoms with E-state index < -0.39 is 5.91 Å². The largest absolute Gasteiger partial charge is 0.490 e. The normalized spacial score (nSPS) is 11.0. The first-order valence-electron chi connectivity index (χ1n) is 12.7. The number of halogens is 4. The Morgan fingerprint density at radius 3 is 2.29 bits per heavy atom. The Balaban J connectivity index is 1.43. The molecule has 0 saturated heterocycles. The minimum absolute atomic E-state index is 0.0862. The van der Waals surface area contributed by atoms with Crippen LogP contribution in [0.5, 0.6) is 17.2 Å². The van der Waals surface area contributed by atoms with Gasteiger partial charge in [-0.1, -0.05) is 53.0 Å². The van der Waals surface area contributed by atoms with Crippen molar-refractivity contribution in [2.75, 3.05) is 11.9 Å². The third kappa shape index (κ3) is 8.67. The van der Waals surface area contributed by atoms with Crippen molar-refractivity contribution in [3.05, 3.63) is 121 Å². The monoisotopic (exact) mass is 684 g/mol. The summed E-state index contributed by atoms with van der Waals surface area (Å²) in [5.41, 5.74) is 2.73. The van der Waals surface area contributed by atoms with Gasteiger partial charge in [-0.15, -0.1) is 0 Å². The van der Waals surface area contributed by atoms with Crippen LogP contribution in [0, 0.1) is 11.3 Å². The van der Waals surface area contributed by atoms with Crippen LogP contribution >= 0.6 is 50.7 Å². The number of nitrogens with one attached hydrogen (secondary N) is 1. The fourth-order valence-electron chi connectivity index (χ4n) is 3.76. The molecule has 0 bridgehead atoms. The van der Waals surface area contributed by atoms with Crippen LogP contribution in [-0.2, 0) is 18.0 Å². The number of carbonyl (C=O) groups is 1. The zero-order valence-corrected chi connectivity index (χ0v) is 26.2. The molecule has 4 aromatic rings. The van der Waals surface area contributed by atoms with Gasteiger partial charge in [0.25, 0.3) is 5.91 Å². The van der Waals surface area contributed by atoms with Gasteiger partial charge in [-0.2, -0.15) is 5.26 Å². The molecule has 0 aliphatic rings. The third-order valence-corrected chi connectivity index (χ3v) is 7.25. The molecule has 1 N–H and O–H groups in total. The van der Waals surface area contributed by atoms with E-state index in [0.717, 1.165) is 11.1 Å². The third-order valence-electron chi connectivity index (χ3n) is 5.83. The van der Waals surface area contributed by atoms with E-state index >= 15 is 0 Å². The van der Waals surface area contributed by atoms with Crippen molar-refractivity contribution in [2.24, 2.45) is 0 Å². The number of rotatable bonds is 11. The van der Waals surface area contributed by atoms with Crippen LogP contribution in [-0.4, -0.2) is 12.5 Å². The summed E-state index contributed by atoms with van der Waals surface area (Å²) in [5.74, 6) is 1.01. The fraction of sp³-hybridized carbons (Fsp3) is 0.125. The maximum absolute atomic E-state index is 12.9. The molecular weight excluding hydrogens is 663 g/mol. The van der Waals surface area contributed by atoms with Gasteiger partial charge in [0.05, 0.1) is 11.1 Å². The molecule has 0 atom stereocenters. The van der Waals surface area contributed by atoms with Crippen LogP contribution in [0.4, 0.5) is 5.69 Å². The Morgan fingerprint density at radius 2 is 1.62 bits per heavy atom. The number of nitrogens with zero attached hydrogens (tertiary/aromatic N) is 1. The second-order valence-corrected chi connectivity index (χ2v) is 11.0. The van der Waals surface area contributed by atoms with E-state index in [4.69, 9.17) is 49.0 Å². The predicted molar refractivity (Wildman–Crippen MR) is 171 cm³/mol. The minimum Gasteiger partial charge on any atom is -0.490 e. The maximum atomic E-state index is 12.9. The molecule has 10 heteroatoms. The number of amides is 1. The highest BCUT2D eigenvalue weighted by Crippen LogP contribution is 2.38. The van der Waals surface area contributed by atoms with E-state index in [2.05, 4.69) is 21.2 Å². The van der Waals surface area contributed by atoms with Crippen LogP contribution in [0.25, 0.3) is 6.08 Å². The van der Waals surface area contributed by atoms with Gasteiger partial charge in [0.2, 0.25) is 0 Å². The highest BCUT2D eigenvalue weighted by molar-refractivity contribution is 9.10. The number of anilines is 1. The van der Waals surface area contributed by atoms with E-state index in [0.29, 0.717) is 61.3 Å². The van der Waals surface area contributed by atoms with Crippen molar-refractivity contribution in [1.29, 1.82) is 5.26 Å². The molecule has 4 aromatic carbocycles. The molecular formula is C32H24BrCl3N2O4. The average Bonchev–Trinajstić information content (AvgIpc) is 2.97. The maximum Gasteiger partial charge on any atom is 0.266 e. The molecule has 0 spiro atoms. The van der Waals surface area contributed by atoms with E-state index in [-0.39, 0.29) is 12.2 Å². The number of benzene rings is 4. The SMILES string of the molecule is CCOc1cc(/C=C(\C#N)C(=O)Nc2ccc(OCc3ccc(Cl)cc3Cl)cc2)cc(Br)c1OCc1ccc(Cl)cc1. The van der Waals surface area contributed by atoms with Gasteiger partial charge in [-0.25, -0.2) is 0 Å². The van der Waals surface area contributed by atoms with Gasteiger partial charge in [0.15, 0.2) is 11.5 Å². The first-order valence-corrected chi connectivity index (χ1v) is 14.6. The van der Waals surface area contributed by atoms with Gasteiger partial charge in [0.1, 0.15) is 30.6 Å². The molecule has 0 aliphatic heterocycles. The van der Waals surface area contributed by atoms with Crippen molar-refractivity contribution in [3.63, 3.8) is 0 Å². The first-order chi connectivity index (χ1) is 20.2. The number of hydrogen-bond acceptors (Lipinski definition) is 5. The topological polar surface area (TPSA) is 80.6 Å². The van der Waals surface area contributed by atoms with Gasteiger partial charge in [-0.05, 0) is 101 Å². The number of carbonyl (C=O) groups excluding carboxylic acids is 1. The summed E-state index contributed by atoms with van der Waals surface area (Å²) in [5, 5.41) is 14.2. The van der Waals surface area contributed by atoms with Crippen molar-refractivity contribution in [1.82, 2.24) is 0 Å². The molecule has 6 nitrogen and oxygen atoms in total. The van der Waals surface area contributed by atoms with Crippen molar-refractivity contribution in [3.8, 4) is 23.3 Å². The Bertz CT molecular complexity index is 1640. The average molecular weight is 687 g/mol. The van der Waals surface area contributed by atoms with Crippen LogP contribution in [0.2, 0.25) is 15.1 Å². The van der Waals surface area contributed by atoms with E-state index in [9.17, 15) is 10.1 Å². The zero-order chi connectivity index (χ0) is 30.1. The predicted octanol–water partition coefficient (Wildman–Crippen LogP) is 9.51. The van der Waals surface area contributed by atoms with Crippen LogP contribution in [0.15, 0.2) is 88.9 Å². The van der Waals surface area contributed by atoms with Crippen molar-refractivity contribution >= 4 is 68.4 Å². The molecule has 4 rings (SSSR count). The van der Waals surface area contributed by atoms with Crippen LogP contribution in [0.1, 0.15) is 23.6 Å². The second kappa shape index (κ2) is 15.0. The Kier molecular flexibility index (Phi) is 11.2. The Hall–Kier alpha value is -3.67. The van der Waals surface area contributed by atoms with Crippen molar-refractivity contribution < 1.29 is 19.0 Å². The lowest BCUT2D eigenvalue weighted by Gasteiger charge is -2.15. The standard InChI is InChI=1S/C32H24BrCl3N2O4/c1-2-40-30-15-21(14-28(33)31(30)42-18-20-3-6-24(34)7-4-20)13-23(17-37)32(39)38-26-9-11-27(12-10-26)41-19-22-5-8-25(35)16-29(22)36/h3-16H,2,18-19H2,1H3,(H,38,39)/b23-13+. The second-order valence-electron chi connectivity index (χ2n) is 8.85. The molecule has 0 saturated carbocycles. The summed E-state index contributed by atoms with van der Waals surface area (Å²) < 4.78 is 18.2. The molecule has 1 amide bonds. The Labute approximate surface area is 267 Å². The van der Waals surface area contributed by atoms with E-state index in [1.54, 1.807) is 66.7 Å². The van der Waals surface area contributed by atoms with Crippen molar-refractivity contribution in [2.45, 2.75) is 20.1 Å². The van der Waals surface area contributed by atoms with Gasteiger partial charge in [-0.3, -0.25) is 4.79 Å². The van der Waals surface area contributed by atoms with E-state index in [1.807, 2.05) is 25.1 Å². The molecule has 0 heterocycles. The van der Waals surface area contributed by atoms with Gasteiger partial charge in [0, 0.05) is 26.3 Å². The highest BCUT2D eigenvalue weighted by atomic mass is 79.9. The van der Waals surface area contributed by atoms with E-state index in [1.165, 1.54) is 6.08 Å². The first kappa shape index (κ1) is 31.3. The van der Waals surface area contributed by atoms with Crippen LogP contribution < -0.4 is 19.5 Å². The zero-order valence-electron chi connectivity index (χ0n) is 22.3. The summed E-state index contributed by atoms with van der Waals surface area (Å²) in [6.45, 7) is 2.81. The lowest BCUT2D eigenvalue weighted by atomic mass is 10.1.